The summed E-state index contributed by atoms with van der Waals surface area (Å²) in [5, 5.41) is 13.3. The van der Waals surface area contributed by atoms with E-state index in [4.69, 9.17) is 5.11 Å². The molecule has 24 heavy (non-hydrogen) atoms. The predicted molar refractivity (Wildman–Crippen MR) is 91.7 cm³/mol. The Morgan fingerprint density at radius 3 is 2.62 bits per heavy atom. The van der Waals surface area contributed by atoms with Gasteiger partial charge >= 0.3 is 5.97 Å². The van der Waals surface area contributed by atoms with Crippen molar-refractivity contribution in [2.75, 3.05) is 11.9 Å². The van der Waals surface area contributed by atoms with Gasteiger partial charge in [-0.15, -0.1) is 0 Å². The van der Waals surface area contributed by atoms with Crippen molar-refractivity contribution in [3.05, 3.63) is 71.7 Å². The van der Waals surface area contributed by atoms with Gasteiger partial charge in [-0.1, -0.05) is 30.3 Å². The number of hydrogen-bond acceptors (Lipinski definition) is 3. The minimum absolute atomic E-state index is 0.114. The summed E-state index contributed by atoms with van der Waals surface area (Å²) in [5.74, 6) is -1.15. The van der Waals surface area contributed by atoms with Crippen LogP contribution < -0.4 is 5.32 Å². The molecule has 3 aromatic rings. The zero-order chi connectivity index (χ0) is 16.9. The number of carbonyl (C=O) groups is 1. The Labute approximate surface area is 139 Å². The summed E-state index contributed by atoms with van der Waals surface area (Å²) in [4.78, 5) is 15.3. The van der Waals surface area contributed by atoms with E-state index in [0.717, 1.165) is 28.6 Å². The van der Waals surface area contributed by atoms with E-state index < -0.39 is 5.97 Å². The summed E-state index contributed by atoms with van der Waals surface area (Å²) in [7, 11) is 0. The molecule has 2 aromatic carbocycles. The number of fused-ring (bicyclic) bond motifs is 1. The highest BCUT2D eigenvalue weighted by Crippen LogP contribution is 2.23. The molecule has 0 amide bonds. The number of nitrogens with one attached hydrogen (secondary N) is 1. The second kappa shape index (κ2) is 7.08. The van der Waals surface area contributed by atoms with Crippen LogP contribution in [0.1, 0.15) is 11.3 Å². The average molecular weight is 324 g/mol. The van der Waals surface area contributed by atoms with Gasteiger partial charge in [-0.05, 0) is 36.2 Å². The lowest BCUT2D eigenvalue weighted by Crippen LogP contribution is -2.08. The number of nitrogens with zero attached hydrogens (tertiary/aromatic N) is 1. The zero-order valence-electron chi connectivity index (χ0n) is 13.0. The summed E-state index contributed by atoms with van der Waals surface area (Å²) >= 11 is 0. The third kappa shape index (κ3) is 3.87. The van der Waals surface area contributed by atoms with Crippen LogP contribution in [-0.4, -0.2) is 22.6 Å². The van der Waals surface area contributed by atoms with Crippen LogP contribution in [0.2, 0.25) is 0 Å². The minimum atomic E-state index is -0.907. The Morgan fingerprint density at radius 2 is 1.88 bits per heavy atom. The van der Waals surface area contributed by atoms with Crippen LogP contribution in [0.4, 0.5) is 10.1 Å². The maximum Gasteiger partial charge on any atom is 0.309 e. The van der Waals surface area contributed by atoms with Crippen LogP contribution in [0.15, 0.2) is 54.6 Å². The van der Waals surface area contributed by atoms with E-state index in [1.807, 2.05) is 24.3 Å². The molecule has 0 aliphatic heterocycles. The molecular weight excluding hydrogens is 307 g/mol. The van der Waals surface area contributed by atoms with Gasteiger partial charge in [0.1, 0.15) is 5.82 Å². The number of rotatable bonds is 6. The van der Waals surface area contributed by atoms with E-state index in [1.54, 1.807) is 18.2 Å². The minimum Gasteiger partial charge on any atom is -0.481 e. The number of carboxylic acids is 1. The first-order valence-electron chi connectivity index (χ1n) is 7.70. The van der Waals surface area contributed by atoms with E-state index in [2.05, 4.69) is 10.3 Å². The quantitative estimate of drug-likeness (QED) is 0.726. The van der Waals surface area contributed by atoms with Crippen molar-refractivity contribution < 1.29 is 14.3 Å². The van der Waals surface area contributed by atoms with Crippen molar-refractivity contribution in [1.82, 2.24) is 4.98 Å². The fraction of sp³-hybridized carbons (Fsp3) is 0.158. The second-order valence-corrected chi connectivity index (χ2v) is 5.55. The van der Waals surface area contributed by atoms with Gasteiger partial charge in [0.25, 0.3) is 0 Å². The van der Waals surface area contributed by atoms with Gasteiger partial charge in [0.2, 0.25) is 0 Å². The molecule has 4 nitrogen and oxygen atoms in total. The SMILES string of the molecule is O=C(O)Cc1cc(NCCc2ccc(F)cc2)c2ccccc2n1. The molecule has 0 unspecified atom stereocenters. The van der Waals surface area contributed by atoms with Gasteiger partial charge in [0.05, 0.1) is 17.6 Å². The molecule has 5 heteroatoms. The lowest BCUT2D eigenvalue weighted by Gasteiger charge is -2.11. The normalized spacial score (nSPS) is 10.7. The average Bonchev–Trinajstić information content (AvgIpc) is 2.56. The summed E-state index contributed by atoms with van der Waals surface area (Å²) < 4.78 is 12.9. The van der Waals surface area contributed by atoms with Crippen LogP contribution in [-0.2, 0) is 17.6 Å². The highest BCUT2D eigenvalue weighted by Gasteiger charge is 2.08. The largest absolute Gasteiger partial charge is 0.481 e. The fourth-order valence-electron chi connectivity index (χ4n) is 2.61. The molecule has 2 N–H and O–H groups in total. The Balaban J connectivity index is 1.79. The second-order valence-electron chi connectivity index (χ2n) is 5.55. The lowest BCUT2D eigenvalue weighted by atomic mass is 10.1. The van der Waals surface area contributed by atoms with E-state index >= 15 is 0 Å². The number of carboxylic acid groups (broad SMARTS) is 1. The Kier molecular flexibility index (Phi) is 4.70. The third-order valence-corrected chi connectivity index (χ3v) is 3.74. The molecule has 1 aromatic heterocycles. The number of benzene rings is 2. The van der Waals surface area contributed by atoms with E-state index in [1.165, 1.54) is 12.1 Å². The zero-order valence-corrected chi connectivity index (χ0v) is 13.0. The Hall–Kier alpha value is -2.95. The summed E-state index contributed by atoms with van der Waals surface area (Å²) in [6.45, 7) is 0.659. The highest BCUT2D eigenvalue weighted by atomic mass is 19.1. The van der Waals surface area contributed by atoms with Crippen molar-refractivity contribution >= 4 is 22.6 Å². The number of pyridine rings is 1. The van der Waals surface area contributed by atoms with Crippen molar-refractivity contribution in [1.29, 1.82) is 0 Å². The molecule has 0 saturated carbocycles. The molecule has 3 rings (SSSR count). The van der Waals surface area contributed by atoms with Crippen LogP contribution in [0.3, 0.4) is 0 Å². The maximum atomic E-state index is 12.9. The predicted octanol–water partition coefficient (Wildman–Crippen LogP) is 3.66. The molecule has 0 bridgehead atoms. The molecule has 0 atom stereocenters. The smallest absolute Gasteiger partial charge is 0.309 e. The maximum absolute atomic E-state index is 12.9. The first kappa shape index (κ1) is 15.9. The summed E-state index contributed by atoms with van der Waals surface area (Å²) in [6, 6.07) is 15.8. The van der Waals surface area contributed by atoms with Crippen molar-refractivity contribution in [2.45, 2.75) is 12.8 Å². The molecule has 1 heterocycles. The highest BCUT2D eigenvalue weighted by molar-refractivity contribution is 5.91. The number of aliphatic carboxylic acids is 1. The van der Waals surface area contributed by atoms with Crippen molar-refractivity contribution in [2.24, 2.45) is 0 Å². The molecule has 0 aliphatic carbocycles. The Morgan fingerprint density at radius 1 is 1.12 bits per heavy atom. The van der Waals surface area contributed by atoms with Crippen LogP contribution >= 0.6 is 0 Å². The topological polar surface area (TPSA) is 62.2 Å². The van der Waals surface area contributed by atoms with Crippen LogP contribution in [0.5, 0.6) is 0 Å². The van der Waals surface area contributed by atoms with Gasteiger partial charge < -0.3 is 10.4 Å². The summed E-state index contributed by atoms with van der Waals surface area (Å²) in [5.41, 5.74) is 3.18. The molecule has 0 spiro atoms. The molecule has 0 saturated heterocycles. The third-order valence-electron chi connectivity index (χ3n) is 3.74. The number of para-hydroxylation sites is 1. The van der Waals surface area contributed by atoms with Gasteiger partial charge in [-0.2, -0.15) is 0 Å². The molecule has 0 fully saturated rings. The monoisotopic (exact) mass is 324 g/mol. The van der Waals surface area contributed by atoms with E-state index in [9.17, 15) is 9.18 Å². The number of hydrogen-bond donors (Lipinski definition) is 2. The van der Waals surface area contributed by atoms with Gasteiger partial charge in [0.15, 0.2) is 0 Å². The lowest BCUT2D eigenvalue weighted by molar-refractivity contribution is -0.136. The molecular formula is C19H17FN2O2. The number of aromatic nitrogens is 1. The van der Waals surface area contributed by atoms with Crippen molar-refractivity contribution in [3.63, 3.8) is 0 Å². The number of anilines is 1. The van der Waals surface area contributed by atoms with Gasteiger partial charge in [0, 0.05) is 17.6 Å². The van der Waals surface area contributed by atoms with Gasteiger partial charge in [-0.3, -0.25) is 9.78 Å². The fourth-order valence-corrected chi connectivity index (χ4v) is 2.61. The van der Waals surface area contributed by atoms with E-state index in [0.29, 0.717) is 12.2 Å². The Bertz CT molecular complexity index is 863. The molecule has 0 aliphatic rings. The van der Waals surface area contributed by atoms with Gasteiger partial charge in [-0.25, -0.2) is 4.39 Å². The first-order valence-corrected chi connectivity index (χ1v) is 7.70. The van der Waals surface area contributed by atoms with Crippen LogP contribution in [0, 0.1) is 5.82 Å². The van der Waals surface area contributed by atoms with E-state index in [-0.39, 0.29) is 12.2 Å². The standard InChI is InChI=1S/C19H17FN2O2/c20-14-7-5-13(6-8-14)9-10-21-18-11-15(12-19(23)24)22-17-4-2-1-3-16(17)18/h1-8,11H,9-10,12H2,(H,21,22)(H,23,24). The summed E-state index contributed by atoms with van der Waals surface area (Å²) in [6.07, 6.45) is 0.628. The number of halogens is 1. The van der Waals surface area contributed by atoms with Crippen LogP contribution in [0.25, 0.3) is 10.9 Å². The molecule has 122 valence electrons. The molecule has 0 radical (unpaired) electrons. The van der Waals surface area contributed by atoms with Crippen molar-refractivity contribution in [3.8, 4) is 0 Å². The first-order chi connectivity index (χ1) is 11.6.